The molecule has 0 N–H and O–H groups in total. The minimum absolute atomic E-state index is 1.02. The molecule has 0 nitrogen and oxygen atoms in total. The van der Waals surface area contributed by atoms with E-state index in [0.717, 1.165) is 5.75 Å². The molecule has 86 valence electrons. The van der Waals surface area contributed by atoms with Crippen molar-refractivity contribution in [2.45, 2.75) is 9.79 Å². The molecule has 0 amide bonds. The van der Waals surface area contributed by atoms with Gasteiger partial charge in [-0.25, -0.2) is 0 Å². The van der Waals surface area contributed by atoms with Crippen LogP contribution in [0, 0.1) is 0 Å². The summed E-state index contributed by atoms with van der Waals surface area (Å²) in [5, 5.41) is 2.16. The van der Waals surface area contributed by atoms with Gasteiger partial charge in [0, 0.05) is 15.5 Å². The maximum absolute atomic E-state index is 2.20. The molecule has 0 unspecified atom stereocenters. The van der Waals surface area contributed by atoms with Crippen molar-refractivity contribution < 1.29 is 0 Å². The molecule has 2 rings (SSSR count). The van der Waals surface area contributed by atoms with E-state index < -0.39 is 0 Å². The van der Waals surface area contributed by atoms with Crippen LogP contribution in [0.15, 0.2) is 81.9 Å². The molecule has 0 aliphatic rings. The fourth-order valence-corrected chi connectivity index (χ4v) is 2.85. The minimum atomic E-state index is 1.02. The van der Waals surface area contributed by atoms with Gasteiger partial charge in [0.2, 0.25) is 0 Å². The van der Waals surface area contributed by atoms with E-state index in [4.69, 9.17) is 0 Å². The number of thioether (sulfide) groups is 2. The van der Waals surface area contributed by atoms with Crippen LogP contribution < -0.4 is 0 Å². The third-order valence-corrected chi connectivity index (χ3v) is 3.97. The molecule has 2 aromatic carbocycles. The van der Waals surface area contributed by atoms with Crippen molar-refractivity contribution >= 4 is 23.5 Å². The molecule has 0 saturated carbocycles. The van der Waals surface area contributed by atoms with Crippen molar-refractivity contribution in [2.24, 2.45) is 0 Å². The average Bonchev–Trinajstić information content (AvgIpc) is 2.41. The Balaban J connectivity index is 1.72. The first-order chi connectivity index (χ1) is 8.45. The first-order valence-electron chi connectivity index (χ1n) is 5.50. The van der Waals surface area contributed by atoms with Gasteiger partial charge in [0.1, 0.15) is 0 Å². The van der Waals surface area contributed by atoms with Crippen LogP contribution >= 0.6 is 23.5 Å². The van der Waals surface area contributed by atoms with Crippen LogP contribution in [0.2, 0.25) is 0 Å². The van der Waals surface area contributed by atoms with E-state index in [1.165, 1.54) is 9.79 Å². The van der Waals surface area contributed by atoms with Gasteiger partial charge in [-0.15, -0.1) is 11.8 Å². The highest BCUT2D eigenvalue weighted by Crippen LogP contribution is 2.20. The maximum Gasteiger partial charge on any atom is 0.0169 e. The van der Waals surface area contributed by atoms with E-state index in [1.54, 1.807) is 11.8 Å². The molecule has 2 aromatic rings. The van der Waals surface area contributed by atoms with Gasteiger partial charge in [-0.05, 0) is 29.7 Å². The number of hydrogen-bond donors (Lipinski definition) is 0. The Labute approximate surface area is 111 Å². The van der Waals surface area contributed by atoms with Gasteiger partial charge in [-0.3, -0.25) is 0 Å². The molecule has 0 aliphatic heterocycles. The van der Waals surface area contributed by atoms with Crippen LogP contribution in [0.1, 0.15) is 0 Å². The van der Waals surface area contributed by atoms with Gasteiger partial charge >= 0.3 is 0 Å². The first-order valence-corrected chi connectivity index (χ1v) is 7.36. The van der Waals surface area contributed by atoms with Gasteiger partial charge < -0.3 is 0 Å². The third kappa shape index (κ3) is 4.72. The van der Waals surface area contributed by atoms with E-state index in [0.29, 0.717) is 0 Å². The zero-order chi connectivity index (χ0) is 11.8. The van der Waals surface area contributed by atoms with E-state index in [2.05, 4.69) is 60.0 Å². The summed E-state index contributed by atoms with van der Waals surface area (Å²) < 4.78 is 0. The van der Waals surface area contributed by atoms with Crippen LogP contribution in [0.25, 0.3) is 0 Å². The summed E-state index contributed by atoms with van der Waals surface area (Å²) in [4.78, 5) is 2.61. The summed E-state index contributed by atoms with van der Waals surface area (Å²) in [6, 6.07) is 20.9. The van der Waals surface area contributed by atoms with Crippen LogP contribution in [-0.2, 0) is 0 Å². The summed E-state index contributed by atoms with van der Waals surface area (Å²) in [5.74, 6) is 1.02. The predicted octanol–water partition coefficient (Wildman–Crippen LogP) is 5.08. The van der Waals surface area contributed by atoms with Crippen molar-refractivity contribution in [3.8, 4) is 0 Å². The molecule has 0 saturated heterocycles. The summed E-state index contributed by atoms with van der Waals surface area (Å²) >= 11 is 3.62. The molecule has 0 spiro atoms. The quantitative estimate of drug-likeness (QED) is 0.685. The lowest BCUT2D eigenvalue weighted by Gasteiger charge is -1.96. The van der Waals surface area contributed by atoms with Crippen molar-refractivity contribution in [3.63, 3.8) is 0 Å². The van der Waals surface area contributed by atoms with Gasteiger partial charge in [0.05, 0.1) is 0 Å². The smallest absolute Gasteiger partial charge is 0.0169 e. The summed E-state index contributed by atoms with van der Waals surface area (Å²) in [5.41, 5.74) is 0. The standard InChI is InChI=1S/C15H14S2/c1-3-8-14(9-4-1)16-12-7-13-17-15-10-5-2-6-11-15/h1-12H,13H2. The fraction of sp³-hybridized carbons (Fsp3) is 0.0667. The number of benzene rings is 2. The normalized spacial score (nSPS) is 10.8. The second-order valence-electron chi connectivity index (χ2n) is 3.43. The molecule has 0 atom stereocenters. The van der Waals surface area contributed by atoms with Crippen LogP contribution in [-0.4, -0.2) is 5.75 Å². The topological polar surface area (TPSA) is 0 Å². The highest BCUT2D eigenvalue weighted by molar-refractivity contribution is 8.02. The molecule has 0 bridgehead atoms. The summed E-state index contributed by atoms with van der Waals surface area (Å²) in [7, 11) is 0. The van der Waals surface area contributed by atoms with E-state index in [1.807, 2.05) is 23.9 Å². The highest BCUT2D eigenvalue weighted by atomic mass is 32.2. The molecule has 0 heterocycles. The zero-order valence-electron chi connectivity index (χ0n) is 9.45. The second kappa shape index (κ2) is 7.25. The molecule has 0 radical (unpaired) electrons. The zero-order valence-corrected chi connectivity index (χ0v) is 11.1. The summed E-state index contributed by atoms with van der Waals surface area (Å²) in [6.07, 6.45) is 2.20. The van der Waals surface area contributed by atoms with Gasteiger partial charge in [0.15, 0.2) is 0 Å². The van der Waals surface area contributed by atoms with Crippen LogP contribution in [0.4, 0.5) is 0 Å². The Kier molecular flexibility index (Phi) is 5.27. The lowest BCUT2D eigenvalue weighted by atomic mass is 10.4. The van der Waals surface area contributed by atoms with Crippen LogP contribution in [0.3, 0.4) is 0 Å². The molecular weight excluding hydrogens is 244 g/mol. The molecule has 0 aromatic heterocycles. The lowest BCUT2D eigenvalue weighted by molar-refractivity contribution is 1.46. The molecule has 0 fully saturated rings. The van der Waals surface area contributed by atoms with Gasteiger partial charge in [0.25, 0.3) is 0 Å². The summed E-state index contributed by atoms with van der Waals surface area (Å²) in [6.45, 7) is 0. The third-order valence-electron chi connectivity index (χ3n) is 2.13. The van der Waals surface area contributed by atoms with E-state index in [-0.39, 0.29) is 0 Å². The van der Waals surface area contributed by atoms with Crippen LogP contribution in [0.5, 0.6) is 0 Å². The Bertz CT molecular complexity index is 449. The molecule has 0 aliphatic carbocycles. The molecule has 2 heteroatoms. The highest BCUT2D eigenvalue weighted by Gasteiger charge is 1.89. The van der Waals surface area contributed by atoms with Gasteiger partial charge in [-0.1, -0.05) is 54.2 Å². The Morgan fingerprint density at radius 2 is 1.35 bits per heavy atom. The minimum Gasteiger partial charge on any atom is -0.122 e. The van der Waals surface area contributed by atoms with Gasteiger partial charge in [-0.2, -0.15) is 0 Å². The monoisotopic (exact) mass is 258 g/mol. The SMILES string of the molecule is C(=CSc1ccccc1)CSc1ccccc1. The molecule has 17 heavy (non-hydrogen) atoms. The first kappa shape index (κ1) is 12.3. The predicted molar refractivity (Wildman–Crippen MR) is 78.6 cm³/mol. The number of hydrogen-bond acceptors (Lipinski definition) is 2. The van der Waals surface area contributed by atoms with E-state index in [9.17, 15) is 0 Å². The van der Waals surface area contributed by atoms with Crippen molar-refractivity contribution in [2.75, 3.05) is 5.75 Å². The van der Waals surface area contributed by atoms with Crippen molar-refractivity contribution in [1.29, 1.82) is 0 Å². The molecular formula is C15H14S2. The number of rotatable bonds is 5. The lowest BCUT2D eigenvalue weighted by Crippen LogP contribution is -1.72. The second-order valence-corrected chi connectivity index (χ2v) is 5.50. The van der Waals surface area contributed by atoms with Crippen molar-refractivity contribution in [1.82, 2.24) is 0 Å². The Hall–Kier alpha value is -1.12. The fourth-order valence-electron chi connectivity index (χ4n) is 1.33. The average molecular weight is 258 g/mol. The van der Waals surface area contributed by atoms with Crippen molar-refractivity contribution in [3.05, 3.63) is 72.1 Å². The Morgan fingerprint density at radius 1 is 0.765 bits per heavy atom. The van der Waals surface area contributed by atoms with E-state index >= 15 is 0 Å². The largest absolute Gasteiger partial charge is 0.122 e. The maximum atomic E-state index is 2.20. The Morgan fingerprint density at radius 3 is 2.00 bits per heavy atom.